The Morgan fingerprint density at radius 1 is 1.19 bits per heavy atom. The molecule has 0 aliphatic carbocycles. The van der Waals surface area contributed by atoms with Crippen LogP contribution in [0.4, 0.5) is 5.69 Å². The summed E-state index contributed by atoms with van der Waals surface area (Å²) in [4.78, 5) is 21.7. The number of anilines is 1. The lowest BCUT2D eigenvalue weighted by Crippen LogP contribution is -2.11. The molecule has 0 atom stereocenters. The summed E-state index contributed by atoms with van der Waals surface area (Å²) in [5.74, 6) is -1.02. The van der Waals surface area contributed by atoms with Crippen LogP contribution in [0.3, 0.4) is 0 Å². The molecular formula is C12H14N2O2. The predicted molar refractivity (Wildman–Crippen MR) is 62.9 cm³/mol. The van der Waals surface area contributed by atoms with E-state index in [2.05, 4.69) is 5.32 Å². The van der Waals surface area contributed by atoms with Crippen LogP contribution in [0.25, 0.3) is 0 Å². The van der Waals surface area contributed by atoms with Crippen LogP contribution in [0.5, 0.6) is 0 Å². The number of hydrogen-bond donors (Lipinski definition) is 2. The average molecular weight is 218 g/mol. The van der Waals surface area contributed by atoms with Gasteiger partial charge in [0, 0.05) is 17.8 Å². The Morgan fingerprint density at radius 3 is 2.44 bits per heavy atom. The highest BCUT2D eigenvalue weighted by Crippen LogP contribution is 2.13. The van der Waals surface area contributed by atoms with Crippen molar-refractivity contribution in [2.75, 3.05) is 5.32 Å². The molecule has 1 aromatic carbocycles. The molecule has 3 N–H and O–H groups in total. The van der Waals surface area contributed by atoms with Gasteiger partial charge in [-0.1, -0.05) is 6.07 Å². The number of carbonyl (C=O) groups excluding carboxylic acids is 2. The molecular weight excluding hydrogens is 204 g/mol. The minimum absolute atomic E-state index is 0.373. The number of nitrogens with two attached hydrogens (primary N) is 1. The van der Waals surface area contributed by atoms with Gasteiger partial charge in [-0.3, -0.25) is 9.59 Å². The van der Waals surface area contributed by atoms with Crippen molar-refractivity contribution in [2.45, 2.75) is 13.8 Å². The first-order chi connectivity index (χ1) is 7.49. The number of benzene rings is 1. The summed E-state index contributed by atoms with van der Waals surface area (Å²) in [6, 6.07) is 5.59. The summed E-state index contributed by atoms with van der Waals surface area (Å²) in [6.07, 6.45) is 2.13. The molecule has 0 radical (unpaired) electrons. The van der Waals surface area contributed by atoms with Gasteiger partial charge in [0.15, 0.2) is 0 Å². The molecule has 0 spiro atoms. The smallest absolute Gasteiger partial charge is 0.248 e. The molecule has 4 nitrogen and oxygen atoms in total. The van der Waals surface area contributed by atoms with E-state index in [1.54, 1.807) is 6.07 Å². The Kier molecular flexibility index (Phi) is 3.83. The fraction of sp³-hybridized carbons (Fsp3) is 0.167. The van der Waals surface area contributed by atoms with Gasteiger partial charge in [0.1, 0.15) is 0 Å². The fourth-order valence-corrected chi connectivity index (χ4v) is 1.16. The Balaban J connectivity index is 2.70. The van der Waals surface area contributed by atoms with Gasteiger partial charge in [-0.05, 0) is 37.1 Å². The predicted octanol–water partition coefficient (Wildman–Crippen LogP) is 1.28. The fourth-order valence-electron chi connectivity index (χ4n) is 1.16. The van der Waals surface area contributed by atoms with Crippen LogP contribution in [0.2, 0.25) is 0 Å². The van der Waals surface area contributed by atoms with Crippen LogP contribution in [0, 0.1) is 13.8 Å². The molecule has 2 amide bonds. The van der Waals surface area contributed by atoms with Crippen molar-refractivity contribution in [3.8, 4) is 0 Å². The first kappa shape index (κ1) is 12.0. The normalized spacial score (nSPS) is 10.4. The zero-order valence-corrected chi connectivity index (χ0v) is 9.28. The van der Waals surface area contributed by atoms with E-state index in [0.717, 1.165) is 23.3 Å². The molecule has 1 rings (SSSR count). The topological polar surface area (TPSA) is 72.2 Å². The highest BCUT2D eigenvalue weighted by molar-refractivity contribution is 6.03. The Morgan fingerprint density at radius 2 is 1.88 bits per heavy atom. The first-order valence-corrected chi connectivity index (χ1v) is 4.85. The molecule has 0 unspecified atom stereocenters. The number of carbonyl (C=O) groups is 2. The SMILES string of the molecule is Cc1ccc(NC(=O)/C=C\C(N)=O)cc1C. The average Bonchev–Trinajstić information content (AvgIpc) is 2.21. The lowest BCUT2D eigenvalue weighted by atomic mass is 10.1. The van der Waals surface area contributed by atoms with E-state index in [9.17, 15) is 9.59 Å². The third kappa shape index (κ3) is 3.57. The van der Waals surface area contributed by atoms with E-state index in [0.29, 0.717) is 5.69 Å². The summed E-state index contributed by atoms with van der Waals surface area (Å²) in [6.45, 7) is 3.96. The number of rotatable bonds is 3. The van der Waals surface area contributed by atoms with Crippen molar-refractivity contribution in [1.82, 2.24) is 0 Å². The van der Waals surface area contributed by atoms with Gasteiger partial charge in [0.25, 0.3) is 0 Å². The number of nitrogens with one attached hydrogen (secondary N) is 1. The number of aryl methyl sites for hydroxylation is 2. The Bertz CT molecular complexity index is 450. The number of hydrogen-bond acceptors (Lipinski definition) is 2. The third-order valence-corrected chi connectivity index (χ3v) is 2.17. The number of amides is 2. The highest BCUT2D eigenvalue weighted by Gasteiger charge is 1.99. The van der Waals surface area contributed by atoms with Crippen LogP contribution < -0.4 is 11.1 Å². The second-order valence-corrected chi connectivity index (χ2v) is 3.52. The van der Waals surface area contributed by atoms with Gasteiger partial charge < -0.3 is 11.1 Å². The molecule has 16 heavy (non-hydrogen) atoms. The van der Waals surface area contributed by atoms with E-state index in [-0.39, 0.29) is 5.91 Å². The molecule has 1 aromatic rings. The zero-order chi connectivity index (χ0) is 12.1. The summed E-state index contributed by atoms with van der Waals surface area (Å²) < 4.78 is 0. The monoisotopic (exact) mass is 218 g/mol. The minimum Gasteiger partial charge on any atom is -0.366 e. The van der Waals surface area contributed by atoms with E-state index in [1.165, 1.54) is 0 Å². The van der Waals surface area contributed by atoms with E-state index in [4.69, 9.17) is 5.73 Å². The van der Waals surface area contributed by atoms with Crippen molar-refractivity contribution in [2.24, 2.45) is 5.73 Å². The van der Waals surface area contributed by atoms with Gasteiger partial charge in [-0.2, -0.15) is 0 Å². The van der Waals surface area contributed by atoms with Gasteiger partial charge in [-0.15, -0.1) is 0 Å². The molecule has 0 aliphatic heterocycles. The van der Waals surface area contributed by atoms with Crippen LogP contribution in [-0.4, -0.2) is 11.8 Å². The summed E-state index contributed by atoms with van der Waals surface area (Å²) in [5, 5.41) is 2.63. The lowest BCUT2D eigenvalue weighted by molar-refractivity contribution is -0.115. The van der Waals surface area contributed by atoms with Crippen molar-refractivity contribution < 1.29 is 9.59 Å². The highest BCUT2D eigenvalue weighted by atomic mass is 16.2. The molecule has 0 fully saturated rings. The summed E-state index contributed by atoms with van der Waals surface area (Å²) in [5.41, 5.74) is 7.82. The van der Waals surface area contributed by atoms with Crippen molar-refractivity contribution in [3.05, 3.63) is 41.5 Å². The second kappa shape index (κ2) is 5.11. The Labute approximate surface area is 94.1 Å². The van der Waals surface area contributed by atoms with Crippen LogP contribution >= 0.6 is 0 Å². The third-order valence-electron chi connectivity index (χ3n) is 2.17. The quantitative estimate of drug-likeness (QED) is 0.750. The second-order valence-electron chi connectivity index (χ2n) is 3.52. The van der Waals surface area contributed by atoms with Crippen molar-refractivity contribution >= 4 is 17.5 Å². The van der Waals surface area contributed by atoms with E-state index < -0.39 is 5.91 Å². The standard InChI is InChI=1S/C12H14N2O2/c1-8-3-4-10(7-9(8)2)14-12(16)6-5-11(13)15/h3-7H,1-2H3,(H2,13,15)(H,14,16)/b6-5-. The summed E-state index contributed by atoms with van der Waals surface area (Å²) >= 11 is 0. The molecule has 0 saturated heterocycles. The lowest BCUT2D eigenvalue weighted by Gasteiger charge is -2.05. The maximum atomic E-state index is 11.3. The molecule has 0 bridgehead atoms. The van der Waals surface area contributed by atoms with E-state index in [1.807, 2.05) is 26.0 Å². The van der Waals surface area contributed by atoms with Crippen LogP contribution in [-0.2, 0) is 9.59 Å². The first-order valence-electron chi connectivity index (χ1n) is 4.85. The van der Waals surface area contributed by atoms with Crippen molar-refractivity contribution in [1.29, 1.82) is 0 Å². The molecule has 0 heterocycles. The molecule has 0 aliphatic rings. The molecule has 4 heteroatoms. The molecule has 0 aromatic heterocycles. The van der Waals surface area contributed by atoms with Gasteiger partial charge >= 0.3 is 0 Å². The van der Waals surface area contributed by atoms with Crippen LogP contribution in [0.1, 0.15) is 11.1 Å². The maximum absolute atomic E-state index is 11.3. The summed E-state index contributed by atoms with van der Waals surface area (Å²) in [7, 11) is 0. The maximum Gasteiger partial charge on any atom is 0.248 e. The Hall–Kier alpha value is -2.10. The zero-order valence-electron chi connectivity index (χ0n) is 9.28. The minimum atomic E-state index is -0.643. The number of primary amides is 1. The van der Waals surface area contributed by atoms with Gasteiger partial charge in [0.2, 0.25) is 11.8 Å². The van der Waals surface area contributed by atoms with Crippen LogP contribution in [0.15, 0.2) is 30.4 Å². The van der Waals surface area contributed by atoms with Gasteiger partial charge in [0.05, 0.1) is 0 Å². The van der Waals surface area contributed by atoms with Gasteiger partial charge in [-0.25, -0.2) is 0 Å². The van der Waals surface area contributed by atoms with E-state index >= 15 is 0 Å². The molecule has 84 valence electrons. The molecule has 0 saturated carbocycles. The largest absolute Gasteiger partial charge is 0.366 e. The van der Waals surface area contributed by atoms with Crippen molar-refractivity contribution in [3.63, 3.8) is 0 Å².